The van der Waals surface area contributed by atoms with Crippen molar-refractivity contribution in [1.82, 2.24) is 30.2 Å². The van der Waals surface area contributed by atoms with Crippen molar-refractivity contribution < 1.29 is 47.9 Å². The van der Waals surface area contributed by atoms with Gasteiger partial charge in [0.2, 0.25) is 0 Å². The number of anilines is 1. The number of hydrogen-bond donors (Lipinski definition) is 4. The number of hydrogen-bond acceptors (Lipinski definition) is 15. The van der Waals surface area contributed by atoms with Crippen molar-refractivity contribution in [1.29, 1.82) is 0 Å². The number of aromatic nitrogens is 4. The molecule has 58 heavy (non-hydrogen) atoms. The number of carbonyl (C=O) groups excluding carboxylic acids is 3. The quantitative estimate of drug-likeness (QED) is 0.163. The van der Waals surface area contributed by atoms with E-state index in [-0.39, 0.29) is 43.9 Å². The number of nitrogen functional groups attached to an aromatic ring is 1. The Labute approximate surface area is 340 Å². The van der Waals surface area contributed by atoms with Crippen LogP contribution in [0.1, 0.15) is 74.7 Å². The van der Waals surface area contributed by atoms with Gasteiger partial charge in [-0.15, -0.1) is 5.10 Å². The Morgan fingerprint density at radius 2 is 1.81 bits per heavy atom. The summed E-state index contributed by atoms with van der Waals surface area (Å²) in [6, 6.07) is 1.91. The number of alkyl halides is 1. The van der Waals surface area contributed by atoms with Crippen LogP contribution in [0.25, 0.3) is 11.4 Å². The summed E-state index contributed by atoms with van der Waals surface area (Å²) in [6.07, 6.45) is -1.68. The number of halogens is 1. The van der Waals surface area contributed by atoms with Gasteiger partial charge in [-0.05, 0) is 73.2 Å². The number of Topliss-reactive ketones (excluding diaryl/α,β-unsaturated/α-hetero) is 2. The van der Waals surface area contributed by atoms with Gasteiger partial charge in [-0.3, -0.25) is 19.9 Å². The fraction of sp³-hybridized carbons (Fsp3) is 0.707. The van der Waals surface area contributed by atoms with E-state index in [0.29, 0.717) is 23.5 Å². The molecule has 2 aliphatic rings. The lowest BCUT2D eigenvalue weighted by Gasteiger charge is -2.47. The largest absolute Gasteiger partial charge is 0.457 e. The number of aliphatic hydroxyl groups excluding tert-OH is 1. The Kier molecular flexibility index (Phi) is 15.3. The Bertz CT molecular complexity index is 1810. The molecule has 2 aromatic heterocycles. The summed E-state index contributed by atoms with van der Waals surface area (Å²) in [7, 11) is 5.02. The normalized spacial score (nSPS) is 36.8. The molecule has 4 rings (SSSR count). The van der Waals surface area contributed by atoms with Crippen LogP contribution >= 0.6 is 0 Å². The van der Waals surface area contributed by atoms with Crippen molar-refractivity contribution in [2.24, 2.45) is 17.8 Å². The zero-order chi connectivity index (χ0) is 43.3. The fourth-order valence-corrected chi connectivity index (χ4v) is 8.28. The van der Waals surface area contributed by atoms with Crippen LogP contribution < -0.4 is 11.1 Å². The lowest BCUT2D eigenvalue weighted by Crippen LogP contribution is -2.63. The van der Waals surface area contributed by atoms with Gasteiger partial charge in [-0.2, -0.15) is 0 Å². The highest BCUT2D eigenvalue weighted by molar-refractivity contribution is 6.07. The highest BCUT2D eigenvalue weighted by atomic mass is 19.1. The van der Waals surface area contributed by atoms with Crippen molar-refractivity contribution >= 4 is 23.2 Å². The number of likely N-dealkylation sites (N-methyl/N-ethyl adjacent to an activating group) is 1. The van der Waals surface area contributed by atoms with Crippen LogP contribution in [0.3, 0.4) is 0 Å². The summed E-state index contributed by atoms with van der Waals surface area (Å²) in [5, 5.41) is 34.9. The van der Waals surface area contributed by atoms with E-state index in [1.165, 1.54) is 25.6 Å². The van der Waals surface area contributed by atoms with Crippen molar-refractivity contribution in [2.45, 2.75) is 141 Å². The van der Waals surface area contributed by atoms with E-state index in [1.807, 2.05) is 25.9 Å². The summed E-state index contributed by atoms with van der Waals surface area (Å²) in [6.45, 7) is 12.2. The molecule has 2 aromatic rings. The van der Waals surface area contributed by atoms with E-state index >= 15 is 4.39 Å². The summed E-state index contributed by atoms with van der Waals surface area (Å²) in [4.78, 5) is 48.4. The maximum Gasteiger partial charge on any atom is 0.351 e. The van der Waals surface area contributed by atoms with Gasteiger partial charge < -0.3 is 39.8 Å². The third-order valence-electron chi connectivity index (χ3n) is 11.7. The summed E-state index contributed by atoms with van der Waals surface area (Å²) in [5.41, 5.74) is 0.865. The van der Waals surface area contributed by atoms with E-state index in [4.69, 9.17) is 24.7 Å². The van der Waals surface area contributed by atoms with Crippen molar-refractivity contribution in [3.63, 3.8) is 0 Å². The molecule has 0 saturated carbocycles. The number of nitrogens with zero attached hydrogens (tertiary/aromatic N) is 5. The number of carbonyl (C=O) groups is 3. The zero-order valence-electron chi connectivity index (χ0n) is 35.6. The van der Waals surface area contributed by atoms with Gasteiger partial charge in [0.15, 0.2) is 12.1 Å². The van der Waals surface area contributed by atoms with Gasteiger partial charge in [-0.25, -0.2) is 13.9 Å². The van der Waals surface area contributed by atoms with E-state index in [1.54, 1.807) is 52.2 Å². The van der Waals surface area contributed by atoms with Crippen LogP contribution in [0.2, 0.25) is 0 Å². The molecule has 0 spiro atoms. The molecule has 0 bridgehead atoms. The molecule has 5 N–H and O–H groups in total. The van der Waals surface area contributed by atoms with Crippen molar-refractivity contribution in [3.8, 4) is 23.2 Å². The topological polar surface area (TPSA) is 213 Å². The number of pyridine rings is 1. The molecule has 13 atom stereocenters. The molecule has 2 saturated heterocycles. The average Bonchev–Trinajstić information content (AvgIpc) is 3.65. The molecular formula is C41H62FN7O9. The highest BCUT2D eigenvalue weighted by Crippen LogP contribution is 2.39. The molecule has 322 valence electrons. The molecule has 17 heteroatoms. The molecular weight excluding hydrogens is 753 g/mol. The molecule has 4 heterocycles. The van der Waals surface area contributed by atoms with Crippen molar-refractivity contribution in [2.75, 3.05) is 33.5 Å². The van der Waals surface area contributed by atoms with Crippen LogP contribution in [0.4, 0.5) is 10.1 Å². The van der Waals surface area contributed by atoms with Crippen LogP contribution in [-0.2, 0) is 39.9 Å². The standard InChI is InChI=1S/C41H62FN7O9/c1-12-31-41(8,54)34(45-16-13-14-18-49-22-29(46-47-49)28-20-27(43)15-17-44-28)25(4)32(50)23(2)21-39(6,55-11)36(26(5)35(52)40(7,42)38(53)57-31)58-37-33(51)30(48(9)10)19-24(3)56-37/h15,17,20,22-26,30-31,33-34,36-37,45,51,54H,12,16,18-19,21H2,1-11H3,(H2,43,44)/t23-,24-,25+,26+,30?,31-,33?,34-,36-,37+,39-,40+,41-/m1/s1. The first kappa shape index (κ1) is 46.8. The zero-order valence-corrected chi connectivity index (χ0v) is 35.6. The predicted molar refractivity (Wildman–Crippen MR) is 212 cm³/mol. The van der Waals surface area contributed by atoms with E-state index < -0.39 is 77.0 Å². The third kappa shape index (κ3) is 10.3. The number of cyclic esters (lactones) is 1. The van der Waals surface area contributed by atoms with Gasteiger partial charge in [0.25, 0.3) is 5.67 Å². The van der Waals surface area contributed by atoms with Crippen LogP contribution in [-0.4, -0.2) is 140 Å². The maximum atomic E-state index is 16.7. The number of rotatable bonds is 9. The second kappa shape index (κ2) is 19.0. The summed E-state index contributed by atoms with van der Waals surface area (Å²) >= 11 is 0. The minimum atomic E-state index is -3.19. The molecule has 0 aromatic carbocycles. The minimum absolute atomic E-state index is 0.00582. The number of methoxy groups -OCH3 is 1. The van der Waals surface area contributed by atoms with Gasteiger partial charge >= 0.3 is 5.97 Å². The first-order chi connectivity index (χ1) is 27.1. The summed E-state index contributed by atoms with van der Waals surface area (Å²) in [5.74, 6) is -0.0131. The second-order valence-electron chi connectivity index (χ2n) is 16.6. The van der Waals surface area contributed by atoms with E-state index in [9.17, 15) is 24.6 Å². The third-order valence-corrected chi connectivity index (χ3v) is 11.7. The van der Waals surface area contributed by atoms with Gasteiger partial charge in [0.1, 0.15) is 35.8 Å². The second-order valence-corrected chi connectivity index (χ2v) is 16.6. The molecule has 16 nitrogen and oxygen atoms in total. The van der Waals surface area contributed by atoms with E-state index in [0.717, 1.165) is 6.92 Å². The molecule has 2 fully saturated rings. The van der Waals surface area contributed by atoms with Gasteiger partial charge in [0.05, 0.1) is 36.2 Å². The first-order valence-corrected chi connectivity index (χ1v) is 19.8. The molecule has 2 unspecified atom stereocenters. The van der Waals surface area contributed by atoms with Crippen molar-refractivity contribution in [3.05, 3.63) is 24.5 Å². The Hall–Kier alpha value is -3.89. The molecule has 2 aliphatic heterocycles. The number of ether oxygens (including phenoxy) is 4. The number of nitrogens with one attached hydrogen (secondary N) is 1. The van der Waals surface area contributed by atoms with Crippen LogP contribution in [0, 0.1) is 29.6 Å². The molecule has 0 aliphatic carbocycles. The number of aliphatic hydroxyl groups is 2. The lowest BCUT2D eigenvalue weighted by molar-refractivity contribution is -0.295. The number of esters is 1. The number of nitrogens with two attached hydrogens (primary N) is 1. The molecule has 0 amide bonds. The average molecular weight is 816 g/mol. The smallest absolute Gasteiger partial charge is 0.351 e. The summed E-state index contributed by atoms with van der Waals surface area (Å²) < 4.78 is 42.4. The Morgan fingerprint density at radius 3 is 2.43 bits per heavy atom. The maximum absolute atomic E-state index is 16.7. The highest BCUT2D eigenvalue weighted by Gasteiger charge is 2.56. The fourth-order valence-electron chi connectivity index (χ4n) is 8.28. The van der Waals surface area contributed by atoms with Gasteiger partial charge in [-0.1, -0.05) is 44.7 Å². The monoisotopic (exact) mass is 815 g/mol. The van der Waals surface area contributed by atoms with E-state index in [2.05, 4.69) is 32.5 Å². The molecule has 0 radical (unpaired) electrons. The van der Waals surface area contributed by atoms with Gasteiger partial charge in [0, 0.05) is 48.8 Å². The SMILES string of the molecule is CC[C@H]1OC(=O)[C@@](C)(F)C(=O)[C@H](C)[C@@H](O[C@@H]2O[C@H](C)CC(N(C)C)C2O)[C@](C)(OC)C[C@@H](C)C(=O)[C@H](C)[C@@H](NCC#CCn2cc(-c3cc(N)ccn3)nn2)[C@]1(C)O. The minimum Gasteiger partial charge on any atom is -0.457 e. The number of ketones is 2. The Morgan fingerprint density at radius 1 is 1.12 bits per heavy atom. The lowest BCUT2D eigenvalue weighted by atomic mass is 9.73. The van der Waals surface area contributed by atoms with Crippen LogP contribution in [0.5, 0.6) is 0 Å². The Balaban J connectivity index is 1.66. The van der Waals surface area contributed by atoms with Crippen LogP contribution in [0.15, 0.2) is 24.5 Å². The first-order valence-electron chi connectivity index (χ1n) is 19.8. The predicted octanol–water partition coefficient (Wildman–Crippen LogP) is 2.35.